The van der Waals surface area contributed by atoms with Crippen molar-refractivity contribution in [1.82, 2.24) is 10.3 Å². The molecule has 2 aliphatic rings. The highest BCUT2D eigenvalue weighted by Crippen LogP contribution is 2.38. The lowest BCUT2D eigenvalue weighted by Crippen LogP contribution is -2.47. The van der Waals surface area contributed by atoms with Gasteiger partial charge >= 0.3 is 0 Å². The van der Waals surface area contributed by atoms with Gasteiger partial charge < -0.3 is 5.32 Å². The Kier molecular flexibility index (Phi) is 3.61. The molecule has 3 heterocycles. The number of amides is 2. The van der Waals surface area contributed by atoms with Crippen LogP contribution in [0.3, 0.4) is 0 Å². The van der Waals surface area contributed by atoms with Crippen LogP contribution in [-0.4, -0.2) is 22.8 Å². The summed E-state index contributed by atoms with van der Waals surface area (Å²) in [6.45, 7) is 0.407. The summed E-state index contributed by atoms with van der Waals surface area (Å²) in [4.78, 5) is 31.1. The van der Waals surface area contributed by atoms with Crippen LogP contribution in [-0.2, 0) is 29.0 Å². The number of hydrogen-bond acceptors (Lipinski definition) is 4. The van der Waals surface area contributed by atoms with Gasteiger partial charge in [-0.05, 0) is 24.0 Å². The normalized spacial score (nSPS) is 19.4. The van der Waals surface area contributed by atoms with Crippen LogP contribution in [0.5, 0.6) is 0 Å². The monoisotopic (exact) mass is 327 g/mol. The smallest absolute Gasteiger partial charge is 0.243 e. The van der Waals surface area contributed by atoms with E-state index in [4.69, 9.17) is 0 Å². The fraction of sp³-hybridized carbons (Fsp3) is 0.353. The number of rotatable bonds is 3. The third-order valence-corrected chi connectivity index (χ3v) is 5.14. The number of carbonyl (C=O) groups excluding carboxylic acids is 2. The molecule has 0 saturated carbocycles. The highest BCUT2D eigenvalue weighted by molar-refractivity contribution is 7.07. The van der Waals surface area contributed by atoms with E-state index >= 15 is 0 Å². The molecule has 0 radical (unpaired) electrons. The van der Waals surface area contributed by atoms with Crippen molar-refractivity contribution < 1.29 is 9.59 Å². The molecular weight excluding hydrogens is 310 g/mol. The Morgan fingerprint density at radius 1 is 1.35 bits per heavy atom. The molecule has 1 N–H and O–H groups in total. The summed E-state index contributed by atoms with van der Waals surface area (Å²) in [6.07, 6.45) is 2.85. The van der Waals surface area contributed by atoms with Crippen LogP contribution in [0.1, 0.15) is 29.7 Å². The Morgan fingerprint density at radius 3 is 3.04 bits per heavy atom. The van der Waals surface area contributed by atoms with Crippen molar-refractivity contribution in [2.24, 2.45) is 0 Å². The summed E-state index contributed by atoms with van der Waals surface area (Å²) >= 11 is 1.51. The van der Waals surface area contributed by atoms with Gasteiger partial charge in [-0.15, -0.1) is 11.3 Å². The van der Waals surface area contributed by atoms with Crippen LogP contribution in [0.25, 0.3) is 0 Å². The lowest BCUT2D eigenvalue weighted by molar-refractivity contribution is -0.126. The summed E-state index contributed by atoms with van der Waals surface area (Å²) in [5, 5.41) is 4.84. The van der Waals surface area contributed by atoms with Gasteiger partial charge in [0.1, 0.15) is 6.04 Å². The van der Waals surface area contributed by atoms with Gasteiger partial charge in [-0.3, -0.25) is 14.5 Å². The number of nitrogens with one attached hydrogen (secondary N) is 1. The van der Waals surface area contributed by atoms with E-state index in [1.165, 1.54) is 16.9 Å². The summed E-state index contributed by atoms with van der Waals surface area (Å²) in [5.41, 5.74) is 5.86. The molecule has 2 aromatic rings. The minimum atomic E-state index is -0.435. The van der Waals surface area contributed by atoms with Gasteiger partial charge in [-0.1, -0.05) is 18.2 Å². The SMILES string of the molecule is O=C(NCc1cscn1)C1Cc2cccc3c2N1C(=O)CCC3. The van der Waals surface area contributed by atoms with Crippen molar-refractivity contribution in [2.75, 3.05) is 4.90 Å². The molecule has 0 bridgehead atoms. The Bertz CT molecular complexity index is 757. The van der Waals surface area contributed by atoms with E-state index < -0.39 is 6.04 Å². The predicted molar refractivity (Wildman–Crippen MR) is 88.3 cm³/mol. The molecule has 0 spiro atoms. The lowest BCUT2D eigenvalue weighted by atomic mass is 10.0. The Balaban J connectivity index is 1.59. The summed E-state index contributed by atoms with van der Waals surface area (Å²) in [6, 6.07) is 5.69. The highest BCUT2D eigenvalue weighted by atomic mass is 32.1. The fourth-order valence-corrected chi connectivity index (χ4v) is 4.01. The number of hydrogen-bond donors (Lipinski definition) is 1. The summed E-state index contributed by atoms with van der Waals surface area (Å²) < 4.78 is 0. The molecule has 0 saturated heterocycles. The largest absolute Gasteiger partial charge is 0.349 e. The van der Waals surface area contributed by atoms with Gasteiger partial charge in [0.15, 0.2) is 0 Å². The molecule has 1 unspecified atom stereocenters. The molecule has 23 heavy (non-hydrogen) atoms. The first kappa shape index (κ1) is 14.4. The number of nitrogens with zero attached hydrogens (tertiary/aromatic N) is 2. The second-order valence-electron chi connectivity index (χ2n) is 5.96. The van der Waals surface area contributed by atoms with Crippen LogP contribution in [0.15, 0.2) is 29.1 Å². The first-order valence-corrected chi connectivity index (χ1v) is 8.76. The van der Waals surface area contributed by atoms with E-state index in [9.17, 15) is 9.59 Å². The molecule has 0 aliphatic carbocycles. The van der Waals surface area contributed by atoms with Gasteiger partial charge in [0.2, 0.25) is 11.8 Å². The standard InChI is InChI=1S/C17H17N3O2S/c21-15-6-2-4-11-3-1-5-12-7-14(20(15)16(11)12)17(22)18-8-13-9-23-10-19-13/h1,3,5,9-10,14H,2,4,6-8H2,(H,18,22). The van der Waals surface area contributed by atoms with Crippen molar-refractivity contribution in [3.8, 4) is 0 Å². The van der Waals surface area contributed by atoms with Gasteiger partial charge in [0, 0.05) is 18.2 Å². The highest BCUT2D eigenvalue weighted by Gasteiger charge is 2.40. The quantitative estimate of drug-likeness (QED) is 0.938. The molecule has 5 nitrogen and oxygen atoms in total. The van der Waals surface area contributed by atoms with E-state index in [2.05, 4.69) is 16.4 Å². The third-order valence-electron chi connectivity index (χ3n) is 4.50. The third kappa shape index (κ3) is 2.53. The first-order valence-electron chi connectivity index (χ1n) is 7.81. The van der Waals surface area contributed by atoms with E-state index in [1.807, 2.05) is 17.5 Å². The van der Waals surface area contributed by atoms with Gasteiger partial charge in [-0.2, -0.15) is 0 Å². The molecule has 118 valence electrons. The minimum Gasteiger partial charge on any atom is -0.349 e. The first-order chi connectivity index (χ1) is 11.2. The number of benzene rings is 1. The van der Waals surface area contributed by atoms with Crippen molar-refractivity contribution in [3.05, 3.63) is 45.9 Å². The number of anilines is 1. The average Bonchev–Trinajstić information content (AvgIpc) is 3.16. The Labute approximate surface area is 138 Å². The zero-order valence-electron chi connectivity index (χ0n) is 12.6. The maximum atomic E-state index is 12.6. The Hall–Kier alpha value is -2.21. The molecule has 4 rings (SSSR count). The second kappa shape index (κ2) is 5.77. The fourth-order valence-electron chi connectivity index (χ4n) is 3.46. The molecule has 2 amide bonds. The summed E-state index contributed by atoms with van der Waals surface area (Å²) in [5.74, 6) is -0.0436. The Morgan fingerprint density at radius 2 is 2.22 bits per heavy atom. The molecule has 2 aliphatic heterocycles. The second-order valence-corrected chi connectivity index (χ2v) is 6.68. The van der Waals surface area contributed by atoms with E-state index in [0.717, 1.165) is 29.8 Å². The maximum Gasteiger partial charge on any atom is 0.243 e. The lowest BCUT2D eigenvalue weighted by Gasteiger charge is -2.24. The van der Waals surface area contributed by atoms with Crippen molar-refractivity contribution in [1.29, 1.82) is 0 Å². The molecule has 6 heteroatoms. The van der Waals surface area contributed by atoms with Crippen molar-refractivity contribution >= 4 is 28.8 Å². The van der Waals surface area contributed by atoms with Crippen LogP contribution < -0.4 is 10.2 Å². The predicted octanol–water partition coefficient (Wildman–Crippen LogP) is 2.05. The number of carbonyl (C=O) groups is 2. The van der Waals surface area contributed by atoms with Crippen LogP contribution in [0.2, 0.25) is 0 Å². The van der Waals surface area contributed by atoms with Gasteiger partial charge in [0.05, 0.1) is 23.4 Å². The number of aromatic nitrogens is 1. The zero-order chi connectivity index (χ0) is 15.8. The van der Waals surface area contributed by atoms with Crippen LogP contribution in [0.4, 0.5) is 5.69 Å². The van der Waals surface area contributed by atoms with Crippen molar-refractivity contribution in [3.63, 3.8) is 0 Å². The average molecular weight is 327 g/mol. The van der Waals surface area contributed by atoms with E-state index in [0.29, 0.717) is 19.4 Å². The van der Waals surface area contributed by atoms with Crippen LogP contribution >= 0.6 is 11.3 Å². The molecule has 0 fully saturated rings. The molecule has 1 aromatic heterocycles. The zero-order valence-corrected chi connectivity index (χ0v) is 13.4. The van der Waals surface area contributed by atoms with E-state index in [-0.39, 0.29) is 11.8 Å². The molecule has 1 aromatic carbocycles. The molecule has 1 atom stereocenters. The topological polar surface area (TPSA) is 62.3 Å². The molecular formula is C17H17N3O2S. The van der Waals surface area contributed by atoms with Gasteiger partial charge in [-0.25, -0.2) is 4.98 Å². The van der Waals surface area contributed by atoms with E-state index in [1.54, 1.807) is 10.4 Å². The van der Waals surface area contributed by atoms with Crippen LogP contribution in [0, 0.1) is 0 Å². The number of para-hydroxylation sites is 1. The van der Waals surface area contributed by atoms with Crippen molar-refractivity contribution in [2.45, 2.75) is 38.3 Å². The summed E-state index contributed by atoms with van der Waals surface area (Å²) in [7, 11) is 0. The maximum absolute atomic E-state index is 12.6. The van der Waals surface area contributed by atoms with Gasteiger partial charge in [0.25, 0.3) is 0 Å². The number of aryl methyl sites for hydroxylation is 1. The number of thiazole rings is 1. The minimum absolute atomic E-state index is 0.0579.